The van der Waals surface area contributed by atoms with Gasteiger partial charge in [-0.05, 0) is 31.4 Å². The zero-order valence-electron chi connectivity index (χ0n) is 12.2. The number of aromatic nitrogens is 2. The van der Waals surface area contributed by atoms with Gasteiger partial charge in [0.15, 0.2) is 0 Å². The van der Waals surface area contributed by atoms with Gasteiger partial charge in [-0.15, -0.1) is 0 Å². The molecule has 110 valence electrons. The van der Waals surface area contributed by atoms with Gasteiger partial charge in [-0.3, -0.25) is 0 Å². The van der Waals surface area contributed by atoms with Gasteiger partial charge in [0.2, 0.25) is 5.95 Å². The summed E-state index contributed by atoms with van der Waals surface area (Å²) in [5, 5.41) is 4.21. The lowest BCUT2D eigenvalue weighted by Gasteiger charge is -2.39. The zero-order chi connectivity index (χ0) is 14.2. The van der Waals surface area contributed by atoms with Crippen LogP contribution < -0.4 is 10.2 Å². The third-order valence-corrected chi connectivity index (χ3v) is 4.56. The average molecular weight is 284 g/mol. The smallest absolute Gasteiger partial charge is 0.224 e. The van der Waals surface area contributed by atoms with Crippen LogP contribution in [0.5, 0.6) is 0 Å². The van der Waals surface area contributed by atoms with Crippen LogP contribution in [0.15, 0.2) is 24.3 Å². The first kappa shape index (κ1) is 12.8. The van der Waals surface area contributed by atoms with Crippen molar-refractivity contribution in [3.05, 3.63) is 24.3 Å². The molecule has 0 bridgehead atoms. The topological polar surface area (TPSA) is 50.3 Å². The van der Waals surface area contributed by atoms with Crippen LogP contribution in [0.3, 0.4) is 0 Å². The Balaban J connectivity index is 1.84. The summed E-state index contributed by atoms with van der Waals surface area (Å²) in [6.07, 6.45) is 3.97. The van der Waals surface area contributed by atoms with Crippen LogP contribution in [-0.4, -0.2) is 42.3 Å². The van der Waals surface area contributed by atoms with Crippen LogP contribution in [0.4, 0.5) is 11.8 Å². The molecule has 1 aliphatic heterocycles. The summed E-state index contributed by atoms with van der Waals surface area (Å²) in [7, 11) is 1.87. The molecule has 21 heavy (non-hydrogen) atoms. The number of benzene rings is 1. The number of morpholine rings is 1. The predicted octanol–water partition coefficient (Wildman–Crippen LogP) is 2.43. The van der Waals surface area contributed by atoms with Crippen LogP contribution in [0.2, 0.25) is 0 Å². The summed E-state index contributed by atoms with van der Waals surface area (Å²) in [6, 6.07) is 8.70. The lowest BCUT2D eigenvalue weighted by molar-refractivity contribution is 0.0254. The van der Waals surface area contributed by atoms with E-state index in [1.165, 1.54) is 19.3 Å². The largest absolute Gasteiger partial charge is 0.374 e. The Kier molecular flexibility index (Phi) is 3.15. The molecule has 1 aromatic heterocycles. The van der Waals surface area contributed by atoms with Crippen molar-refractivity contribution in [3.8, 4) is 0 Å². The first-order valence-electron chi connectivity index (χ1n) is 7.69. The van der Waals surface area contributed by atoms with Crippen LogP contribution >= 0.6 is 0 Å². The summed E-state index contributed by atoms with van der Waals surface area (Å²) >= 11 is 0. The van der Waals surface area contributed by atoms with E-state index in [4.69, 9.17) is 9.72 Å². The highest BCUT2D eigenvalue weighted by atomic mass is 16.5. The molecule has 1 aliphatic carbocycles. The molecule has 2 aromatic rings. The first-order valence-corrected chi connectivity index (χ1v) is 7.69. The molecule has 4 rings (SSSR count). The number of fused-ring (bicyclic) bond motifs is 2. The molecule has 1 N–H and O–H groups in total. The van der Waals surface area contributed by atoms with Gasteiger partial charge >= 0.3 is 0 Å². The summed E-state index contributed by atoms with van der Waals surface area (Å²) in [5.41, 5.74) is 0.993. The highest BCUT2D eigenvalue weighted by Crippen LogP contribution is 2.35. The van der Waals surface area contributed by atoms with Crippen LogP contribution in [0.25, 0.3) is 10.9 Å². The van der Waals surface area contributed by atoms with E-state index < -0.39 is 0 Å². The fraction of sp³-hybridized carbons (Fsp3) is 0.500. The van der Waals surface area contributed by atoms with E-state index in [0.29, 0.717) is 18.1 Å². The molecule has 2 unspecified atom stereocenters. The second kappa shape index (κ2) is 5.15. The van der Waals surface area contributed by atoms with E-state index >= 15 is 0 Å². The number of anilines is 2. The molecular weight excluding hydrogens is 264 g/mol. The van der Waals surface area contributed by atoms with Gasteiger partial charge in [0.25, 0.3) is 0 Å². The second-order valence-electron chi connectivity index (χ2n) is 5.74. The molecule has 1 saturated heterocycles. The Morgan fingerprint density at radius 3 is 3.05 bits per heavy atom. The molecule has 2 atom stereocenters. The number of ether oxygens (including phenoxy) is 1. The van der Waals surface area contributed by atoms with Crippen molar-refractivity contribution in [2.24, 2.45) is 0 Å². The Hall–Kier alpha value is -1.88. The van der Waals surface area contributed by atoms with Crippen molar-refractivity contribution < 1.29 is 4.74 Å². The minimum atomic E-state index is 0.366. The Morgan fingerprint density at radius 1 is 1.24 bits per heavy atom. The van der Waals surface area contributed by atoms with Gasteiger partial charge in [-0.25, -0.2) is 4.98 Å². The monoisotopic (exact) mass is 284 g/mol. The molecule has 0 amide bonds. The normalized spacial score (nSPS) is 25.1. The van der Waals surface area contributed by atoms with Crippen LogP contribution in [-0.2, 0) is 4.74 Å². The Morgan fingerprint density at radius 2 is 2.14 bits per heavy atom. The van der Waals surface area contributed by atoms with Gasteiger partial charge in [0.05, 0.1) is 24.3 Å². The Bertz CT molecular complexity index is 660. The number of hydrogen-bond acceptors (Lipinski definition) is 5. The van der Waals surface area contributed by atoms with Gasteiger partial charge in [0.1, 0.15) is 5.82 Å². The van der Waals surface area contributed by atoms with Crippen LogP contribution in [0.1, 0.15) is 19.3 Å². The van der Waals surface area contributed by atoms with Gasteiger partial charge in [0, 0.05) is 19.0 Å². The van der Waals surface area contributed by atoms with E-state index in [1.807, 2.05) is 19.2 Å². The molecule has 1 aromatic carbocycles. The predicted molar refractivity (Wildman–Crippen MR) is 83.8 cm³/mol. The quantitative estimate of drug-likeness (QED) is 0.918. The maximum absolute atomic E-state index is 5.92. The fourth-order valence-electron chi connectivity index (χ4n) is 3.58. The number of nitrogens with zero attached hydrogens (tertiary/aromatic N) is 3. The van der Waals surface area contributed by atoms with E-state index in [-0.39, 0.29) is 0 Å². The lowest BCUT2D eigenvalue weighted by Crippen LogP contribution is -2.49. The first-order chi connectivity index (χ1) is 10.4. The number of hydrogen-bond donors (Lipinski definition) is 1. The van der Waals surface area contributed by atoms with Gasteiger partial charge in [-0.2, -0.15) is 4.98 Å². The fourth-order valence-corrected chi connectivity index (χ4v) is 3.58. The van der Waals surface area contributed by atoms with Crippen molar-refractivity contribution in [1.82, 2.24) is 9.97 Å². The van der Waals surface area contributed by atoms with Crippen molar-refractivity contribution in [3.63, 3.8) is 0 Å². The SMILES string of the molecule is CNc1nc(N2CCOC3CCCC32)c2ccccc2n1. The summed E-state index contributed by atoms with van der Waals surface area (Å²) in [6.45, 7) is 1.69. The molecule has 5 heteroatoms. The minimum absolute atomic E-state index is 0.366. The van der Waals surface area contributed by atoms with Crippen molar-refractivity contribution >= 4 is 22.7 Å². The third-order valence-electron chi connectivity index (χ3n) is 4.56. The summed E-state index contributed by atoms with van der Waals surface area (Å²) in [5.74, 6) is 1.73. The third kappa shape index (κ3) is 2.12. The van der Waals surface area contributed by atoms with Crippen molar-refractivity contribution in [2.75, 3.05) is 30.4 Å². The van der Waals surface area contributed by atoms with E-state index in [1.54, 1.807) is 0 Å². The van der Waals surface area contributed by atoms with E-state index in [9.17, 15) is 0 Å². The molecule has 2 fully saturated rings. The summed E-state index contributed by atoms with van der Waals surface area (Å²) < 4.78 is 5.92. The highest BCUT2D eigenvalue weighted by molar-refractivity contribution is 5.90. The Labute approximate surface area is 124 Å². The van der Waals surface area contributed by atoms with E-state index in [0.717, 1.165) is 29.9 Å². The summed E-state index contributed by atoms with van der Waals surface area (Å²) in [4.78, 5) is 11.7. The maximum atomic E-state index is 5.92. The van der Waals surface area contributed by atoms with Crippen LogP contribution in [0, 0.1) is 0 Å². The molecule has 2 heterocycles. The second-order valence-corrected chi connectivity index (χ2v) is 5.74. The maximum Gasteiger partial charge on any atom is 0.224 e. The van der Waals surface area contributed by atoms with Gasteiger partial charge < -0.3 is 15.0 Å². The molecular formula is C16H20N4O. The highest BCUT2D eigenvalue weighted by Gasteiger charge is 2.37. The lowest BCUT2D eigenvalue weighted by atomic mass is 10.1. The number of rotatable bonds is 2. The van der Waals surface area contributed by atoms with Gasteiger partial charge in [-0.1, -0.05) is 12.1 Å². The average Bonchev–Trinajstić information content (AvgIpc) is 3.02. The number of para-hydroxylation sites is 1. The van der Waals surface area contributed by atoms with E-state index in [2.05, 4.69) is 27.3 Å². The van der Waals surface area contributed by atoms with Crippen molar-refractivity contribution in [2.45, 2.75) is 31.4 Å². The molecule has 5 nitrogen and oxygen atoms in total. The van der Waals surface area contributed by atoms with Crippen molar-refractivity contribution in [1.29, 1.82) is 0 Å². The molecule has 1 saturated carbocycles. The molecule has 2 aliphatic rings. The zero-order valence-corrected chi connectivity index (χ0v) is 12.2. The standard InChI is InChI=1S/C16H20N4O/c1-17-16-18-12-6-3-2-5-11(12)15(19-16)20-9-10-21-14-8-4-7-13(14)20/h2-3,5-6,13-14H,4,7-10H2,1H3,(H,17,18,19). The minimum Gasteiger partial charge on any atom is -0.374 e. The number of nitrogens with one attached hydrogen (secondary N) is 1. The molecule has 0 spiro atoms. The molecule has 0 radical (unpaired) electrons.